The lowest BCUT2D eigenvalue weighted by Crippen LogP contribution is -2.40. The lowest BCUT2D eigenvalue weighted by molar-refractivity contribution is 0.0655. The van der Waals surface area contributed by atoms with E-state index in [1.165, 1.54) is 41.4 Å². The Labute approximate surface area is 190 Å². The van der Waals surface area contributed by atoms with E-state index in [1.54, 1.807) is 23.5 Å². The van der Waals surface area contributed by atoms with Gasteiger partial charge in [0, 0.05) is 42.8 Å². The van der Waals surface area contributed by atoms with Crippen LogP contribution in [0.2, 0.25) is 0 Å². The van der Waals surface area contributed by atoms with Gasteiger partial charge in [0.25, 0.3) is 12.3 Å². The van der Waals surface area contributed by atoms with Crippen LogP contribution in [0.5, 0.6) is 0 Å². The van der Waals surface area contributed by atoms with E-state index >= 15 is 0 Å². The van der Waals surface area contributed by atoms with Gasteiger partial charge in [0.05, 0.1) is 35.6 Å². The maximum atomic E-state index is 13.6. The fourth-order valence-corrected chi connectivity index (χ4v) is 4.21. The minimum absolute atomic E-state index is 0.0154. The van der Waals surface area contributed by atoms with Gasteiger partial charge in [-0.15, -0.1) is 0 Å². The molecular formula is C22H16F2N8O2. The zero-order chi connectivity index (χ0) is 23.2. The number of hydrogen-bond acceptors (Lipinski definition) is 7. The molecule has 1 N–H and O–H groups in total. The van der Waals surface area contributed by atoms with E-state index in [0.717, 1.165) is 5.69 Å². The Balaban J connectivity index is 1.42. The molecule has 0 aromatic carbocycles. The summed E-state index contributed by atoms with van der Waals surface area (Å²) in [6.45, 7) is 0.343. The van der Waals surface area contributed by atoms with Crippen molar-refractivity contribution >= 4 is 11.4 Å². The van der Waals surface area contributed by atoms with Gasteiger partial charge in [0.2, 0.25) is 11.7 Å². The van der Waals surface area contributed by atoms with Crippen LogP contribution in [0.25, 0.3) is 17.1 Å². The van der Waals surface area contributed by atoms with Gasteiger partial charge in [-0.05, 0) is 18.2 Å². The Bertz CT molecular complexity index is 1490. The molecule has 6 rings (SSSR count). The second kappa shape index (κ2) is 7.83. The first-order chi connectivity index (χ1) is 16.6. The zero-order valence-electron chi connectivity index (χ0n) is 17.5. The third-order valence-corrected chi connectivity index (χ3v) is 5.75. The SMILES string of the molecule is O=C(c1cnc(-c2cnccn2)o1)N1CCc2[nH]cnc2[C@@H]1c1cc2c(C(F)F)cccn2n1. The largest absolute Gasteiger partial charge is 0.429 e. The number of imidazole rings is 1. The third-order valence-electron chi connectivity index (χ3n) is 5.75. The molecule has 0 fully saturated rings. The van der Waals surface area contributed by atoms with Crippen molar-refractivity contribution in [1.29, 1.82) is 0 Å². The number of nitrogens with zero attached hydrogens (tertiary/aromatic N) is 7. The van der Waals surface area contributed by atoms with Gasteiger partial charge in [-0.2, -0.15) is 5.10 Å². The molecule has 10 nitrogen and oxygen atoms in total. The number of amides is 1. The van der Waals surface area contributed by atoms with Gasteiger partial charge in [-0.1, -0.05) is 0 Å². The number of oxazole rings is 1. The quantitative estimate of drug-likeness (QED) is 0.436. The van der Waals surface area contributed by atoms with Crippen LogP contribution in [0.3, 0.4) is 0 Å². The second-order valence-electron chi connectivity index (χ2n) is 7.70. The topological polar surface area (TPSA) is 118 Å². The molecule has 5 aromatic heterocycles. The molecule has 1 atom stereocenters. The number of hydrogen-bond donors (Lipinski definition) is 1. The average Bonchev–Trinajstić information content (AvgIpc) is 3.62. The number of fused-ring (bicyclic) bond motifs is 2. The van der Waals surface area contributed by atoms with Crippen molar-refractivity contribution in [1.82, 2.24) is 39.4 Å². The fourth-order valence-electron chi connectivity index (χ4n) is 4.21. The molecule has 0 bridgehead atoms. The van der Waals surface area contributed by atoms with Crippen LogP contribution in [0, 0.1) is 0 Å². The highest BCUT2D eigenvalue weighted by molar-refractivity contribution is 5.92. The molecule has 0 aliphatic carbocycles. The normalized spacial score (nSPS) is 15.7. The molecule has 0 saturated heterocycles. The number of nitrogens with one attached hydrogen (secondary N) is 1. The minimum atomic E-state index is -2.66. The van der Waals surface area contributed by atoms with Gasteiger partial charge in [-0.3, -0.25) is 9.78 Å². The van der Waals surface area contributed by atoms with E-state index in [4.69, 9.17) is 4.42 Å². The molecule has 1 amide bonds. The highest BCUT2D eigenvalue weighted by atomic mass is 19.3. The molecular weight excluding hydrogens is 446 g/mol. The predicted octanol–water partition coefficient (Wildman–Crippen LogP) is 3.23. The number of carbonyl (C=O) groups excluding carboxylic acids is 1. The maximum Gasteiger partial charge on any atom is 0.292 e. The average molecular weight is 462 g/mol. The Morgan fingerprint density at radius 1 is 1.21 bits per heavy atom. The summed E-state index contributed by atoms with van der Waals surface area (Å²) in [6.07, 6.45) is 6.86. The Morgan fingerprint density at radius 2 is 2.12 bits per heavy atom. The van der Waals surface area contributed by atoms with Crippen LogP contribution in [0.15, 0.2) is 59.9 Å². The van der Waals surface area contributed by atoms with Crippen molar-refractivity contribution in [3.8, 4) is 11.6 Å². The van der Waals surface area contributed by atoms with E-state index in [-0.39, 0.29) is 22.7 Å². The summed E-state index contributed by atoms with van der Waals surface area (Å²) in [5.74, 6) is -0.242. The summed E-state index contributed by atoms with van der Waals surface area (Å²) in [6, 6.07) is 3.75. The Kier molecular flexibility index (Phi) is 4.64. The van der Waals surface area contributed by atoms with E-state index in [1.807, 2.05) is 0 Å². The van der Waals surface area contributed by atoms with Crippen molar-refractivity contribution in [2.24, 2.45) is 0 Å². The lowest BCUT2D eigenvalue weighted by Gasteiger charge is -2.33. The fraction of sp³-hybridized carbons (Fsp3) is 0.182. The minimum Gasteiger partial charge on any atom is -0.429 e. The van der Waals surface area contributed by atoms with E-state index < -0.39 is 18.4 Å². The summed E-state index contributed by atoms with van der Waals surface area (Å²) in [4.78, 5) is 34.9. The first-order valence-electron chi connectivity index (χ1n) is 10.4. The molecule has 1 aliphatic heterocycles. The van der Waals surface area contributed by atoms with Gasteiger partial charge in [0.1, 0.15) is 11.7 Å². The van der Waals surface area contributed by atoms with Crippen molar-refractivity contribution in [2.75, 3.05) is 6.54 Å². The zero-order valence-corrected chi connectivity index (χ0v) is 17.5. The molecule has 12 heteroatoms. The smallest absolute Gasteiger partial charge is 0.292 e. The number of halogens is 2. The number of H-pyrrole nitrogens is 1. The Morgan fingerprint density at radius 3 is 2.94 bits per heavy atom. The number of alkyl halides is 2. The first-order valence-corrected chi connectivity index (χ1v) is 10.4. The molecule has 0 spiro atoms. The predicted molar refractivity (Wildman–Crippen MR) is 113 cm³/mol. The molecule has 0 saturated carbocycles. The van der Waals surface area contributed by atoms with Crippen LogP contribution >= 0.6 is 0 Å². The number of rotatable bonds is 4. The lowest BCUT2D eigenvalue weighted by atomic mass is 9.99. The number of pyridine rings is 1. The van der Waals surface area contributed by atoms with E-state index in [9.17, 15) is 13.6 Å². The second-order valence-corrected chi connectivity index (χ2v) is 7.70. The summed E-state index contributed by atoms with van der Waals surface area (Å²) in [5.41, 5.74) is 2.41. The summed E-state index contributed by atoms with van der Waals surface area (Å²) >= 11 is 0. The highest BCUT2D eigenvalue weighted by Crippen LogP contribution is 2.35. The van der Waals surface area contributed by atoms with Crippen LogP contribution in [0.4, 0.5) is 8.78 Å². The molecule has 5 aromatic rings. The van der Waals surface area contributed by atoms with Crippen LogP contribution in [-0.2, 0) is 6.42 Å². The van der Waals surface area contributed by atoms with Crippen LogP contribution in [0.1, 0.15) is 45.7 Å². The van der Waals surface area contributed by atoms with E-state index in [0.29, 0.717) is 30.0 Å². The number of carbonyl (C=O) groups is 1. The molecule has 6 heterocycles. The van der Waals surface area contributed by atoms with Crippen molar-refractivity contribution in [3.63, 3.8) is 0 Å². The third kappa shape index (κ3) is 3.22. The summed E-state index contributed by atoms with van der Waals surface area (Å²) < 4.78 is 34.2. The maximum absolute atomic E-state index is 13.6. The Hall–Kier alpha value is -4.48. The van der Waals surface area contributed by atoms with Crippen molar-refractivity contribution < 1.29 is 18.0 Å². The van der Waals surface area contributed by atoms with Crippen molar-refractivity contribution in [3.05, 3.63) is 83.9 Å². The van der Waals surface area contributed by atoms with Crippen molar-refractivity contribution in [2.45, 2.75) is 18.9 Å². The van der Waals surface area contributed by atoms with Gasteiger partial charge in [-0.25, -0.2) is 28.2 Å². The molecule has 170 valence electrons. The molecule has 0 radical (unpaired) electrons. The van der Waals surface area contributed by atoms with Gasteiger partial charge in [0.15, 0.2) is 0 Å². The first kappa shape index (κ1) is 20.1. The van der Waals surface area contributed by atoms with Crippen LogP contribution < -0.4 is 0 Å². The van der Waals surface area contributed by atoms with Crippen LogP contribution in [-0.4, -0.2) is 51.9 Å². The summed E-state index contributed by atoms with van der Waals surface area (Å²) in [5, 5.41) is 4.51. The molecule has 34 heavy (non-hydrogen) atoms. The highest BCUT2D eigenvalue weighted by Gasteiger charge is 2.37. The number of aromatic amines is 1. The molecule has 1 aliphatic rings. The van der Waals surface area contributed by atoms with Gasteiger partial charge >= 0.3 is 0 Å². The number of aromatic nitrogens is 7. The van der Waals surface area contributed by atoms with E-state index in [2.05, 4.69) is 30.0 Å². The standard InChI is InChI=1S/C22H16F2N8O2/c23-20(24)12-2-1-6-32-16(12)8-14(30-32)19-18-13(28-11-29-18)3-7-31(19)22(33)17-10-27-21(34-17)15-9-25-4-5-26-15/h1-2,4-6,8-11,19-20H,3,7H2,(H,28,29)/t19-/m0/s1. The summed E-state index contributed by atoms with van der Waals surface area (Å²) in [7, 11) is 0. The van der Waals surface area contributed by atoms with Gasteiger partial charge < -0.3 is 14.3 Å². The molecule has 0 unspecified atom stereocenters. The monoisotopic (exact) mass is 462 g/mol.